The lowest BCUT2D eigenvalue weighted by Crippen LogP contribution is -2.26. The molecule has 3 aromatic carbocycles. The summed E-state index contributed by atoms with van der Waals surface area (Å²) in [6, 6.07) is 21.6. The third kappa shape index (κ3) is 3.41. The van der Waals surface area contributed by atoms with E-state index >= 15 is 0 Å². The lowest BCUT2D eigenvalue weighted by molar-refractivity contribution is 0.0996. The molecule has 1 amide bonds. The largest absolute Gasteiger partial charge is 0.296 e. The number of thiophene rings is 1. The van der Waals surface area contributed by atoms with Gasteiger partial charge < -0.3 is 0 Å². The van der Waals surface area contributed by atoms with Crippen LogP contribution in [0.5, 0.6) is 0 Å². The number of aryl methyl sites for hydroxylation is 1. The summed E-state index contributed by atoms with van der Waals surface area (Å²) in [5, 5.41) is 12.3. The Morgan fingerprint density at radius 2 is 1.81 bits per heavy atom. The van der Waals surface area contributed by atoms with E-state index in [1.54, 1.807) is 16.2 Å². The molecule has 5 aromatic rings. The van der Waals surface area contributed by atoms with Crippen LogP contribution in [-0.2, 0) is 6.54 Å². The van der Waals surface area contributed by atoms with E-state index in [2.05, 4.69) is 22.0 Å². The number of rotatable bonds is 2. The van der Waals surface area contributed by atoms with Crippen molar-refractivity contribution >= 4 is 51.0 Å². The summed E-state index contributed by atoms with van der Waals surface area (Å²) in [6.45, 7) is 2.65. The van der Waals surface area contributed by atoms with Crippen molar-refractivity contribution < 1.29 is 4.79 Å². The van der Waals surface area contributed by atoms with Gasteiger partial charge in [-0.2, -0.15) is 0 Å². The van der Waals surface area contributed by atoms with Gasteiger partial charge in [-0.05, 0) is 36.6 Å². The number of carbonyl (C=O) groups is 1. The van der Waals surface area contributed by atoms with Gasteiger partial charge in [0.05, 0.1) is 22.8 Å². The number of hydrogen-bond donors (Lipinski definition) is 0. The average Bonchev–Trinajstić information content (AvgIpc) is 3.54. The summed E-state index contributed by atoms with van der Waals surface area (Å²) in [6.07, 6.45) is 0. The summed E-state index contributed by atoms with van der Waals surface area (Å²) in [4.78, 5) is 20.6. The molecule has 0 N–H and O–H groups in total. The Morgan fingerprint density at radius 1 is 1.00 bits per heavy atom. The normalized spacial score (nSPS) is 13.6. The van der Waals surface area contributed by atoms with Crippen molar-refractivity contribution in [2.75, 3.05) is 11.4 Å². The van der Waals surface area contributed by atoms with Crippen molar-refractivity contribution in [3.05, 3.63) is 105 Å². The van der Waals surface area contributed by atoms with Crippen molar-refractivity contribution in [3.8, 4) is 16.8 Å². The predicted octanol–water partition coefficient (Wildman–Crippen LogP) is 5.81. The minimum absolute atomic E-state index is 0.0130. The van der Waals surface area contributed by atoms with Crippen molar-refractivity contribution in [1.29, 1.82) is 0 Å². The zero-order valence-corrected chi connectivity index (χ0v) is 21.3. The molecular formula is C29H18ClN5OS. The Hall–Kier alpha value is -4.25. The first-order valence-electron chi connectivity index (χ1n) is 11.8. The second-order valence-electron chi connectivity index (χ2n) is 8.85. The quantitative estimate of drug-likeness (QED) is 0.277. The number of halogens is 1. The molecule has 0 spiro atoms. The lowest BCUT2D eigenvalue weighted by Gasteiger charge is -2.13. The van der Waals surface area contributed by atoms with Crippen LogP contribution in [0.1, 0.15) is 38.0 Å². The van der Waals surface area contributed by atoms with Gasteiger partial charge in [-0.3, -0.25) is 19.3 Å². The zero-order chi connectivity index (χ0) is 25.1. The highest BCUT2D eigenvalue weighted by Gasteiger charge is 2.29. The van der Waals surface area contributed by atoms with E-state index in [1.165, 1.54) is 0 Å². The van der Waals surface area contributed by atoms with E-state index in [0.717, 1.165) is 60.4 Å². The minimum atomic E-state index is -0.0130. The van der Waals surface area contributed by atoms with Crippen LogP contribution in [0.15, 0.2) is 71.7 Å². The molecule has 0 fully saturated rings. The zero-order valence-electron chi connectivity index (χ0n) is 19.7. The number of nitrogens with zero attached hydrogens (tertiary/aromatic N) is 5. The fourth-order valence-electron chi connectivity index (χ4n) is 5.01. The number of fused-ring (bicyclic) bond motifs is 3. The maximum atomic E-state index is 13.1. The van der Waals surface area contributed by atoms with E-state index in [1.807, 2.05) is 78.2 Å². The monoisotopic (exact) mass is 519 g/mol. The molecule has 0 saturated heterocycles. The summed E-state index contributed by atoms with van der Waals surface area (Å²) in [5.74, 6) is 8.08. The standard InChI is InChI=1S/C29H18ClN5OS/c1-17-32-33-25-16-31-27(20-10-2-3-12-23(20)30)22-15-19(37-29(22)35(17)25)9-6-14-34-24-13-5-8-18-7-4-11-21(26(18)24)28(34)36/h2-5,7-8,10-13,15H,14,16H2,1H3. The first-order valence-corrected chi connectivity index (χ1v) is 13.0. The SMILES string of the molecule is Cc1nnc2n1-c1sc(C#CCN3C(=O)c4cccc5cccc3c45)cc1C(c1ccccc1Cl)=NC2. The molecule has 0 unspecified atom stereocenters. The van der Waals surface area contributed by atoms with Crippen LogP contribution in [0.3, 0.4) is 0 Å². The Morgan fingerprint density at radius 3 is 2.68 bits per heavy atom. The van der Waals surface area contributed by atoms with Crippen LogP contribution in [-0.4, -0.2) is 32.9 Å². The molecule has 2 aliphatic rings. The first-order chi connectivity index (χ1) is 18.1. The fraction of sp³-hybridized carbons (Fsp3) is 0.103. The number of carbonyl (C=O) groups excluding carboxylic acids is 1. The molecule has 0 radical (unpaired) electrons. The van der Waals surface area contributed by atoms with Crippen LogP contribution >= 0.6 is 22.9 Å². The molecule has 178 valence electrons. The van der Waals surface area contributed by atoms with Gasteiger partial charge in [0.15, 0.2) is 5.82 Å². The molecule has 37 heavy (non-hydrogen) atoms. The molecule has 6 nitrogen and oxygen atoms in total. The Balaban J connectivity index is 1.28. The number of benzene rings is 3. The second-order valence-corrected chi connectivity index (χ2v) is 10.3. The summed E-state index contributed by atoms with van der Waals surface area (Å²) in [7, 11) is 0. The molecule has 2 aliphatic heterocycles. The predicted molar refractivity (Wildman–Crippen MR) is 147 cm³/mol. The molecule has 0 atom stereocenters. The van der Waals surface area contributed by atoms with Crippen LogP contribution < -0.4 is 4.90 Å². The van der Waals surface area contributed by atoms with Crippen LogP contribution in [0.25, 0.3) is 15.8 Å². The molecule has 0 aliphatic carbocycles. The van der Waals surface area contributed by atoms with Gasteiger partial charge >= 0.3 is 0 Å². The summed E-state index contributed by atoms with van der Waals surface area (Å²) in [5.41, 5.74) is 4.26. The van der Waals surface area contributed by atoms with Gasteiger partial charge in [-0.25, -0.2) is 0 Å². The van der Waals surface area contributed by atoms with Gasteiger partial charge in [0.25, 0.3) is 5.91 Å². The highest BCUT2D eigenvalue weighted by Crippen LogP contribution is 2.37. The van der Waals surface area contributed by atoms with Crippen molar-refractivity contribution in [1.82, 2.24) is 14.8 Å². The Labute approximate surface area is 221 Å². The van der Waals surface area contributed by atoms with Gasteiger partial charge in [0.2, 0.25) is 0 Å². The molecule has 7 rings (SSSR count). The fourth-order valence-corrected chi connectivity index (χ4v) is 6.34. The third-order valence-electron chi connectivity index (χ3n) is 6.67. The number of amides is 1. The topological polar surface area (TPSA) is 63.4 Å². The molecular weight excluding hydrogens is 502 g/mol. The summed E-state index contributed by atoms with van der Waals surface area (Å²) >= 11 is 8.13. The second kappa shape index (κ2) is 8.41. The van der Waals surface area contributed by atoms with Crippen molar-refractivity contribution in [3.63, 3.8) is 0 Å². The number of hydrogen-bond acceptors (Lipinski definition) is 5. The van der Waals surface area contributed by atoms with E-state index in [-0.39, 0.29) is 5.91 Å². The highest BCUT2D eigenvalue weighted by atomic mass is 35.5. The van der Waals surface area contributed by atoms with Crippen LogP contribution in [0.2, 0.25) is 5.02 Å². The molecule has 4 heterocycles. The number of aliphatic imine (C=N–C) groups is 1. The molecule has 2 aromatic heterocycles. The Kier molecular flexibility index (Phi) is 5.00. The van der Waals surface area contributed by atoms with E-state index in [0.29, 0.717) is 18.1 Å². The number of anilines is 1. The molecule has 0 saturated carbocycles. The van der Waals surface area contributed by atoms with E-state index in [9.17, 15) is 4.79 Å². The minimum Gasteiger partial charge on any atom is -0.296 e. The van der Waals surface area contributed by atoms with Gasteiger partial charge in [0.1, 0.15) is 17.4 Å². The lowest BCUT2D eigenvalue weighted by atomic mass is 10.0. The highest BCUT2D eigenvalue weighted by molar-refractivity contribution is 7.15. The Bertz CT molecular complexity index is 1850. The maximum absolute atomic E-state index is 13.1. The van der Waals surface area contributed by atoms with Gasteiger partial charge in [-0.1, -0.05) is 65.9 Å². The van der Waals surface area contributed by atoms with Crippen LogP contribution in [0, 0.1) is 18.8 Å². The molecule has 0 bridgehead atoms. The van der Waals surface area contributed by atoms with E-state index < -0.39 is 0 Å². The van der Waals surface area contributed by atoms with Crippen molar-refractivity contribution in [2.45, 2.75) is 13.5 Å². The molecule has 8 heteroatoms. The van der Waals surface area contributed by atoms with Crippen molar-refractivity contribution in [2.24, 2.45) is 4.99 Å². The van der Waals surface area contributed by atoms with Crippen LogP contribution in [0.4, 0.5) is 5.69 Å². The van der Waals surface area contributed by atoms with Gasteiger partial charge in [0, 0.05) is 27.1 Å². The van der Waals surface area contributed by atoms with E-state index in [4.69, 9.17) is 16.6 Å². The van der Waals surface area contributed by atoms with Gasteiger partial charge in [-0.15, -0.1) is 21.5 Å². The maximum Gasteiger partial charge on any atom is 0.259 e. The average molecular weight is 520 g/mol. The number of aromatic nitrogens is 3. The third-order valence-corrected chi connectivity index (χ3v) is 8.03. The smallest absolute Gasteiger partial charge is 0.259 e. The first kappa shape index (κ1) is 22.0. The summed E-state index contributed by atoms with van der Waals surface area (Å²) < 4.78 is 2.04.